The van der Waals surface area contributed by atoms with Crippen molar-refractivity contribution >= 4 is 17.4 Å². The SMILES string of the molecule is CCCOCC(=O)Cc1c(Cl)c(C)nn1C. The molecular weight excluding hydrogens is 228 g/mol. The summed E-state index contributed by atoms with van der Waals surface area (Å²) in [6.07, 6.45) is 1.19. The zero-order valence-electron chi connectivity index (χ0n) is 9.92. The van der Waals surface area contributed by atoms with Gasteiger partial charge in [-0.05, 0) is 13.3 Å². The quantitative estimate of drug-likeness (QED) is 0.719. The van der Waals surface area contributed by atoms with Gasteiger partial charge in [-0.25, -0.2) is 0 Å². The minimum absolute atomic E-state index is 0.0263. The number of halogens is 1. The number of rotatable bonds is 6. The number of ether oxygens (including phenoxy) is 1. The molecule has 5 heteroatoms. The lowest BCUT2D eigenvalue weighted by Gasteiger charge is -2.03. The van der Waals surface area contributed by atoms with Crippen molar-refractivity contribution < 1.29 is 9.53 Å². The number of aromatic nitrogens is 2. The molecule has 1 aromatic rings. The van der Waals surface area contributed by atoms with Crippen LogP contribution in [0.3, 0.4) is 0 Å². The number of carbonyl (C=O) groups excluding carboxylic acids is 1. The average molecular weight is 245 g/mol. The molecule has 4 nitrogen and oxygen atoms in total. The Labute approximate surface area is 101 Å². The first-order valence-corrected chi connectivity index (χ1v) is 5.71. The molecule has 0 unspecified atom stereocenters. The van der Waals surface area contributed by atoms with Crippen molar-refractivity contribution in [3.8, 4) is 0 Å². The Balaban J connectivity index is 2.56. The number of ketones is 1. The van der Waals surface area contributed by atoms with Crippen LogP contribution in [-0.2, 0) is 23.0 Å². The highest BCUT2D eigenvalue weighted by Gasteiger charge is 2.14. The second kappa shape index (κ2) is 6.01. The van der Waals surface area contributed by atoms with E-state index in [0.717, 1.165) is 17.8 Å². The molecule has 0 aromatic carbocycles. The Morgan fingerprint density at radius 1 is 1.56 bits per heavy atom. The van der Waals surface area contributed by atoms with Gasteiger partial charge in [-0.15, -0.1) is 0 Å². The summed E-state index contributed by atoms with van der Waals surface area (Å²) in [5.41, 5.74) is 1.51. The fourth-order valence-corrected chi connectivity index (χ4v) is 1.67. The van der Waals surface area contributed by atoms with Gasteiger partial charge in [-0.3, -0.25) is 9.48 Å². The molecule has 0 saturated carbocycles. The smallest absolute Gasteiger partial charge is 0.164 e. The van der Waals surface area contributed by atoms with E-state index in [2.05, 4.69) is 5.10 Å². The van der Waals surface area contributed by atoms with Crippen LogP contribution in [0, 0.1) is 6.92 Å². The van der Waals surface area contributed by atoms with E-state index < -0.39 is 0 Å². The van der Waals surface area contributed by atoms with Crippen molar-refractivity contribution in [2.45, 2.75) is 26.7 Å². The molecule has 0 fully saturated rings. The molecule has 1 heterocycles. The summed E-state index contributed by atoms with van der Waals surface area (Å²) < 4.78 is 6.83. The highest BCUT2D eigenvalue weighted by atomic mass is 35.5. The number of hydrogen-bond acceptors (Lipinski definition) is 3. The van der Waals surface area contributed by atoms with Crippen LogP contribution in [0.15, 0.2) is 0 Å². The lowest BCUT2D eigenvalue weighted by Crippen LogP contribution is -2.14. The van der Waals surface area contributed by atoms with Gasteiger partial charge in [-0.2, -0.15) is 5.10 Å². The zero-order valence-corrected chi connectivity index (χ0v) is 10.7. The van der Waals surface area contributed by atoms with E-state index in [0.29, 0.717) is 11.6 Å². The molecule has 0 radical (unpaired) electrons. The van der Waals surface area contributed by atoms with Crippen LogP contribution in [0.1, 0.15) is 24.7 Å². The average Bonchev–Trinajstić information content (AvgIpc) is 2.46. The van der Waals surface area contributed by atoms with Gasteiger partial charge in [0.05, 0.1) is 22.8 Å². The summed E-state index contributed by atoms with van der Waals surface area (Å²) in [6.45, 7) is 4.59. The normalized spacial score (nSPS) is 10.8. The highest BCUT2D eigenvalue weighted by Crippen LogP contribution is 2.19. The van der Waals surface area contributed by atoms with Crippen molar-refractivity contribution in [3.05, 3.63) is 16.4 Å². The van der Waals surface area contributed by atoms with Crippen LogP contribution in [0.4, 0.5) is 0 Å². The van der Waals surface area contributed by atoms with Gasteiger partial charge < -0.3 is 4.74 Å². The molecule has 0 atom stereocenters. The van der Waals surface area contributed by atoms with Crippen molar-refractivity contribution in [1.29, 1.82) is 0 Å². The van der Waals surface area contributed by atoms with Crippen LogP contribution in [0.5, 0.6) is 0 Å². The first-order valence-electron chi connectivity index (χ1n) is 5.33. The van der Waals surface area contributed by atoms with E-state index in [9.17, 15) is 4.79 Å². The molecule has 0 saturated heterocycles. The molecule has 0 aliphatic carbocycles. The third-order valence-electron chi connectivity index (χ3n) is 2.24. The fourth-order valence-electron chi connectivity index (χ4n) is 1.44. The molecular formula is C11H17ClN2O2. The minimum Gasteiger partial charge on any atom is -0.374 e. The highest BCUT2D eigenvalue weighted by molar-refractivity contribution is 6.32. The van der Waals surface area contributed by atoms with Gasteiger partial charge in [0, 0.05) is 13.7 Å². The van der Waals surface area contributed by atoms with E-state index in [4.69, 9.17) is 16.3 Å². The van der Waals surface area contributed by atoms with Crippen LogP contribution < -0.4 is 0 Å². The van der Waals surface area contributed by atoms with Gasteiger partial charge in [0.25, 0.3) is 0 Å². The van der Waals surface area contributed by atoms with E-state index in [1.807, 2.05) is 13.8 Å². The lowest BCUT2D eigenvalue weighted by atomic mass is 10.2. The van der Waals surface area contributed by atoms with Gasteiger partial charge in [0.1, 0.15) is 6.61 Å². The largest absolute Gasteiger partial charge is 0.374 e. The monoisotopic (exact) mass is 244 g/mol. The Bertz CT molecular complexity index is 374. The molecule has 0 amide bonds. The minimum atomic E-state index is 0.0263. The summed E-state index contributed by atoms with van der Waals surface area (Å²) in [7, 11) is 1.79. The molecule has 1 rings (SSSR count). The predicted molar refractivity (Wildman–Crippen MR) is 62.8 cm³/mol. The summed E-state index contributed by atoms with van der Waals surface area (Å²) in [4.78, 5) is 11.6. The standard InChI is InChI=1S/C11H17ClN2O2/c1-4-5-16-7-9(15)6-10-11(12)8(2)13-14(10)3/h4-7H2,1-3H3. The molecule has 0 aliphatic rings. The molecule has 90 valence electrons. The molecule has 0 aliphatic heterocycles. The summed E-state index contributed by atoms with van der Waals surface area (Å²) in [5, 5.41) is 4.73. The van der Waals surface area contributed by atoms with Crippen LogP contribution >= 0.6 is 11.6 Å². The predicted octanol–water partition coefficient (Wildman–Crippen LogP) is 1.92. The van der Waals surface area contributed by atoms with Crippen molar-refractivity contribution in [2.24, 2.45) is 7.05 Å². The summed E-state index contributed by atoms with van der Waals surface area (Å²) >= 11 is 6.04. The van der Waals surface area contributed by atoms with Crippen molar-refractivity contribution in [1.82, 2.24) is 9.78 Å². The maximum Gasteiger partial charge on any atom is 0.164 e. The second-order valence-electron chi connectivity index (χ2n) is 3.74. The first kappa shape index (κ1) is 13.2. The van der Waals surface area contributed by atoms with Gasteiger partial charge in [0.2, 0.25) is 0 Å². The van der Waals surface area contributed by atoms with E-state index in [1.165, 1.54) is 0 Å². The van der Waals surface area contributed by atoms with Crippen molar-refractivity contribution in [2.75, 3.05) is 13.2 Å². The number of nitrogens with zero attached hydrogens (tertiary/aromatic N) is 2. The van der Waals surface area contributed by atoms with E-state index in [1.54, 1.807) is 11.7 Å². The Kier molecular flexibility index (Phi) is 4.96. The Morgan fingerprint density at radius 3 is 2.75 bits per heavy atom. The lowest BCUT2D eigenvalue weighted by molar-refractivity contribution is -0.123. The van der Waals surface area contributed by atoms with Crippen LogP contribution in [0.25, 0.3) is 0 Å². The van der Waals surface area contributed by atoms with Gasteiger partial charge in [-0.1, -0.05) is 18.5 Å². The van der Waals surface area contributed by atoms with Gasteiger partial charge >= 0.3 is 0 Å². The third kappa shape index (κ3) is 3.32. The maximum absolute atomic E-state index is 11.6. The molecule has 16 heavy (non-hydrogen) atoms. The molecule has 1 aromatic heterocycles. The number of Topliss-reactive ketones (excluding diaryl/α,β-unsaturated/α-hetero) is 1. The zero-order chi connectivity index (χ0) is 12.1. The van der Waals surface area contributed by atoms with Crippen molar-refractivity contribution in [3.63, 3.8) is 0 Å². The van der Waals surface area contributed by atoms with E-state index in [-0.39, 0.29) is 18.8 Å². The number of aryl methyl sites for hydroxylation is 2. The number of hydrogen-bond donors (Lipinski definition) is 0. The van der Waals surface area contributed by atoms with Gasteiger partial charge in [0.15, 0.2) is 5.78 Å². The first-order chi connectivity index (χ1) is 7.56. The maximum atomic E-state index is 11.6. The van der Waals surface area contributed by atoms with Crippen LogP contribution in [0.2, 0.25) is 5.02 Å². The molecule has 0 spiro atoms. The fraction of sp³-hybridized carbons (Fsp3) is 0.636. The number of carbonyl (C=O) groups is 1. The Hall–Kier alpha value is -0.870. The summed E-state index contributed by atoms with van der Waals surface area (Å²) in [6, 6.07) is 0. The Morgan fingerprint density at radius 2 is 2.25 bits per heavy atom. The topological polar surface area (TPSA) is 44.1 Å². The van der Waals surface area contributed by atoms with Crippen LogP contribution in [-0.4, -0.2) is 28.8 Å². The molecule has 0 bridgehead atoms. The summed E-state index contributed by atoms with van der Waals surface area (Å²) in [5.74, 6) is 0.0263. The third-order valence-corrected chi connectivity index (χ3v) is 2.73. The van der Waals surface area contributed by atoms with E-state index >= 15 is 0 Å². The molecule has 0 N–H and O–H groups in total. The second-order valence-corrected chi connectivity index (χ2v) is 4.12.